The maximum absolute atomic E-state index is 15.3. The summed E-state index contributed by atoms with van der Waals surface area (Å²) in [6, 6.07) is 37.6. The van der Waals surface area contributed by atoms with Crippen LogP contribution in [0.1, 0.15) is 47.9 Å². The molecule has 2 fully saturated rings. The minimum absolute atomic E-state index is 0.119. The monoisotopic (exact) mass is 683 g/mol. The van der Waals surface area contributed by atoms with Crippen molar-refractivity contribution in [1.82, 2.24) is 0 Å². The number of aryl methyl sites for hydroxylation is 1. The van der Waals surface area contributed by atoms with E-state index in [9.17, 15) is 14.7 Å². The number of fused-ring (bicyclic) bond motifs is 5. The van der Waals surface area contributed by atoms with Gasteiger partial charge in [0.05, 0.1) is 22.9 Å². The first kappa shape index (κ1) is 32.1. The molecule has 6 heteroatoms. The van der Waals surface area contributed by atoms with E-state index in [0.29, 0.717) is 28.6 Å². The van der Waals surface area contributed by atoms with E-state index in [1.54, 1.807) is 6.07 Å². The van der Waals surface area contributed by atoms with Gasteiger partial charge in [-0.25, -0.2) is 0 Å². The van der Waals surface area contributed by atoms with E-state index in [4.69, 9.17) is 0 Å². The molecular formula is C46H37NO5. The van der Waals surface area contributed by atoms with Crippen molar-refractivity contribution >= 4 is 45.4 Å². The molecule has 1 heterocycles. The number of carbonyl (C=O) groups is 4. The molecule has 4 aliphatic rings. The van der Waals surface area contributed by atoms with Crippen LogP contribution in [0.15, 0.2) is 139 Å². The van der Waals surface area contributed by atoms with Gasteiger partial charge >= 0.3 is 0 Å². The molecule has 2 amide bonds. The number of hydrogen-bond donors (Lipinski definition) is 1. The lowest BCUT2D eigenvalue weighted by Crippen LogP contribution is -2.58. The number of amides is 2. The summed E-state index contributed by atoms with van der Waals surface area (Å²) in [5.74, 6) is -3.90. The lowest BCUT2D eigenvalue weighted by atomic mass is 9.44. The number of Topliss-reactive ketones (excluding diaryl/α,β-unsaturated/α-hetero) is 1. The Hall–Kier alpha value is -5.88. The number of phenolic OH excluding ortho intramolecular Hbond substituents is 1. The second-order valence-corrected chi connectivity index (χ2v) is 14.5. The lowest BCUT2D eigenvalue weighted by molar-refractivity contribution is -0.134. The van der Waals surface area contributed by atoms with E-state index in [2.05, 4.69) is 13.0 Å². The average Bonchev–Trinajstić information content (AvgIpc) is 3.45. The van der Waals surface area contributed by atoms with Gasteiger partial charge in [-0.3, -0.25) is 24.1 Å². The van der Waals surface area contributed by atoms with Crippen molar-refractivity contribution in [2.45, 2.75) is 37.5 Å². The highest BCUT2D eigenvalue weighted by Crippen LogP contribution is 2.64. The molecule has 5 aromatic rings. The fourth-order valence-electron chi connectivity index (χ4n) is 9.91. The van der Waals surface area contributed by atoms with Crippen LogP contribution in [0.2, 0.25) is 0 Å². The summed E-state index contributed by atoms with van der Waals surface area (Å²) in [4.78, 5) is 60.7. The Balaban J connectivity index is 1.29. The van der Waals surface area contributed by atoms with Gasteiger partial charge in [-0.15, -0.1) is 0 Å². The van der Waals surface area contributed by atoms with E-state index >= 15 is 9.59 Å². The standard InChI is InChI=1S/C46H37NO5/c1-2-27-17-19-30(20-18-27)47-44(51)35-22-21-34-37(41(35)45(47)52)25-38-43(50)36(28-11-5-3-6-12-28)26-40(49)46(38,29-13-7-4-8-14-29)42(34)33-23-24-39(48)32-16-10-9-15-31(32)33/h3-21,23-24,26,35,37-38,41-42,48H,2,22,25H2,1H3/t35-,37+,38-,41-,42-,46-/m0/s1. The number of imide groups is 1. The van der Waals surface area contributed by atoms with Crippen LogP contribution < -0.4 is 4.90 Å². The molecule has 0 spiro atoms. The summed E-state index contributed by atoms with van der Waals surface area (Å²) in [7, 11) is 0. The van der Waals surface area contributed by atoms with Gasteiger partial charge in [0.1, 0.15) is 5.75 Å². The molecule has 1 N–H and O–H groups in total. The summed E-state index contributed by atoms with van der Waals surface area (Å²) >= 11 is 0. The molecule has 0 radical (unpaired) electrons. The minimum atomic E-state index is -1.34. The molecule has 52 heavy (non-hydrogen) atoms. The first-order valence-electron chi connectivity index (χ1n) is 18.1. The van der Waals surface area contributed by atoms with E-state index in [0.717, 1.165) is 34.1 Å². The molecule has 1 aliphatic heterocycles. The second kappa shape index (κ2) is 12.1. The van der Waals surface area contributed by atoms with Gasteiger partial charge in [-0.05, 0) is 77.1 Å². The Morgan fingerprint density at radius 1 is 0.731 bits per heavy atom. The van der Waals surface area contributed by atoms with Crippen LogP contribution in [0.3, 0.4) is 0 Å². The largest absolute Gasteiger partial charge is 0.507 e. The van der Waals surface area contributed by atoms with Crippen molar-refractivity contribution in [3.05, 3.63) is 161 Å². The highest BCUT2D eigenvalue weighted by atomic mass is 16.3. The fourth-order valence-corrected chi connectivity index (χ4v) is 9.91. The summed E-state index contributed by atoms with van der Waals surface area (Å²) in [6.45, 7) is 2.06. The molecular weight excluding hydrogens is 647 g/mol. The second-order valence-electron chi connectivity index (χ2n) is 14.5. The van der Waals surface area contributed by atoms with Gasteiger partial charge in [0.25, 0.3) is 0 Å². The molecule has 6 atom stereocenters. The summed E-state index contributed by atoms with van der Waals surface area (Å²) < 4.78 is 0. The molecule has 1 saturated carbocycles. The number of nitrogens with zero attached hydrogens (tertiary/aromatic N) is 1. The van der Waals surface area contributed by atoms with E-state index in [1.807, 2.05) is 115 Å². The Bertz CT molecular complexity index is 2360. The van der Waals surface area contributed by atoms with Crippen LogP contribution >= 0.6 is 0 Å². The number of aromatic hydroxyl groups is 1. The molecule has 0 unspecified atom stereocenters. The van der Waals surface area contributed by atoms with Gasteiger partial charge in [-0.2, -0.15) is 0 Å². The SMILES string of the molecule is CCc1ccc(N2C(=O)[C@H]3[C@H](CC=C4[C@H]3C[C@H]3C(=O)C(c5ccccc5)=CC(=O)[C@@]3(c3ccccc3)[C@H]4c3ccc(O)c4ccccc34)C2=O)cc1. The maximum atomic E-state index is 15.3. The third-order valence-electron chi connectivity index (χ3n) is 12.2. The van der Waals surface area contributed by atoms with Gasteiger partial charge in [-0.1, -0.05) is 122 Å². The van der Waals surface area contributed by atoms with Crippen molar-refractivity contribution in [2.24, 2.45) is 23.7 Å². The zero-order valence-corrected chi connectivity index (χ0v) is 28.7. The highest BCUT2D eigenvalue weighted by molar-refractivity contribution is 6.32. The zero-order valence-electron chi connectivity index (χ0n) is 28.7. The number of ketones is 2. The third kappa shape index (κ3) is 4.49. The molecule has 256 valence electrons. The predicted octanol–water partition coefficient (Wildman–Crippen LogP) is 8.14. The normalized spacial score (nSPS) is 26.8. The molecule has 0 aromatic heterocycles. The van der Waals surface area contributed by atoms with E-state index in [-0.39, 0.29) is 35.6 Å². The van der Waals surface area contributed by atoms with Crippen LogP contribution in [-0.4, -0.2) is 28.5 Å². The summed E-state index contributed by atoms with van der Waals surface area (Å²) in [6.07, 6.45) is 5.05. The number of hydrogen-bond acceptors (Lipinski definition) is 5. The number of benzene rings is 5. The van der Waals surface area contributed by atoms with Gasteiger partial charge in [0.2, 0.25) is 11.8 Å². The smallest absolute Gasteiger partial charge is 0.238 e. The topological polar surface area (TPSA) is 91.8 Å². The van der Waals surface area contributed by atoms with Crippen LogP contribution in [0.5, 0.6) is 5.75 Å². The van der Waals surface area contributed by atoms with E-state index < -0.39 is 35.0 Å². The van der Waals surface area contributed by atoms with Crippen molar-refractivity contribution in [2.75, 3.05) is 4.90 Å². The van der Waals surface area contributed by atoms with Crippen LogP contribution in [0.25, 0.3) is 16.3 Å². The van der Waals surface area contributed by atoms with Crippen LogP contribution in [-0.2, 0) is 31.0 Å². The highest BCUT2D eigenvalue weighted by Gasteiger charge is 2.66. The fraction of sp³-hybridized carbons (Fsp3) is 0.217. The van der Waals surface area contributed by atoms with Gasteiger partial charge in [0.15, 0.2) is 11.6 Å². The van der Waals surface area contributed by atoms with Gasteiger partial charge in [0, 0.05) is 22.8 Å². The van der Waals surface area contributed by atoms with Crippen molar-refractivity contribution in [3.8, 4) is 5.75 Å². The van der Waals surface area contributed by atoms with Gasteiger partial charge < -0.3 is 5.11 Å². The Morgan fingerprint density at radius 3 is 2.12 bits per heavy atom. The third-order valence-corrected chi connectivity index (χ3v) is 12.2. The van der Waals surface area contributed by atoms with Crippen molar-refractivity contribution < 1.29 is 24.3 Å². The quantitative estimate of drug-likeness (QED) is 0.149. The van der Waals surface area contributed by atoms with Crippen LogP contribution in [0.4, 0.5) is 5.69 Å². The number of phenols is 1. The Morgan fingerprint density at radius 2 is 1.40 bits per heavy atom. The number of anilines is 1. The number of allylic oxidation sites excluding steroid dienone is 4. The van der Waals surface area contributed by atoms with E-state index in [1.165, 1.54) is 11.0 Å². The first-order chi connectivity index (χ1) is 25.3. The maximum Gasteiger partial charge on any atom is 0.238 e. The Kier molecular flexibility index (Phi) is 7.47. The van der Waals surface area contributed by atoms with Crippen molar-refractivity contribution in [3.63, 3.8) is 0 Å². The Labute approximate surface area is 302 Å². The van der Waals surface area contributed by atoms with Crippen molar-refractivity contribution in [1.29, 1.82) is 0 Å². The number of rotatable bonds is 5. The predicted molar refractivity (Wildman–Crippen MR) is 200 cm³/mol. The molecule has 9 rings (SSSR count). The lowest BCUT2D eigenvalue weighted by Gasteiger charge is -2.55. The molecule has 1 saturated heterocycles. The minimum Gasteiger partial charge on any atom is -0.507 e. The molecule has 5 aromatic carbocycles. The molecule has 6 nitrogen and oxygen atoms in total. The molecule has 3 aliphatic carbocycles. The first-order valence-corrected chi connectivity index (χ1v) is 18.1. The summed E-state index contributed by atoms with van der Waals surface area (Å²) in [5, 5.41) is 12.4. The number of carbonyl (C=O) groups excluding carboxylic acids is 4. The summed E-state index contributed by atoms with van der Waals surface area (Å²) in [5.41, 5.74) is 3.80. The van der Waals surface area contributed by atoms with Crippen LogP contribution in [0, 0.1) is 23.7 Å². The average molecular weight is 684 g/mol. The zero-order chi connectivity index (χ0) is 35.7. The molecule has 0 bridgehead atoms.